The van der Waals surface area contributed by atoms with E-state index in [9.17, 15) is 9.50 Å². The third-order valence-electron chi connectivity index (χ3n) is 7.18. The number of hydrogen-bond acceptors (Lipinski definition) is 3. The summed E-state index contributed by atoms with van der Waals surface area (Å²) in [7, 11) is 2.17. The van der Waals surface area contributed by atoms with Gasteiger partial charge in [0.2, 0.25) is 0 Å². The lowest BCUT2D eigenvalue weighted by Crippen LogP contribution is -2.51. The maximum Gasteiger partial charge on any atom is 0.123 e. The molecule has 5 heteroatoms. The molecule has 1 saturated carbocycles. The maximum absolute atomic E-state index is 13.5. The second-order valence-corrected chi connectivity index (χ2v) is 9.87. The van der Waals surface area contributed by atoms with Crippen LogP contribution in [-0.2, 0) is 6.42 Å². The number of aliphatic hydroxyl groups is 1. The lowest BCUT2D eigenvalue weighted by atomic mass is 9.74. The maximum atomic E-state index is 13.5. The summed E-state index contributed by atoms with van der Waals surface area (Å²) in [5, 5.41) is 13.1. The van der Waals surface area contributed by atoms with Crippen molar-refractivity contribution in [3.8, 4) is 0 Å². The first-order valence-corrected chi connectivity index (χ1v) is 12.1. The standard InChI is InChI=1S/C27H34ClFN2O/c1-30-14-16-31(17-15-30)20-24-8-4-3-7-23(18-21-10-12-25(29)13-11-21)27(24,32)19-22-6-2-5-9-26(22)28/h2,5-6,9-13,18,24,32H,3-4,7-8,14-17,19-20H2,1H3/b23-18-. The Balaban J connectivity index is 1.69. The Morgan fingerprint density at radius 2 is 1.78 bits per heavy atom. The van der Waals surface area contributed by atoms with E-state index in [1.807, 2.05) is 24.3 Å². The summed E-state index contributed by atoms with van der Waals surface area (Å²) >= 11 is 6.54. The molecule has 4 rings (SSSR count). The predicted octanol–water partition coefficient (Wildman–Crippen LogP) is 5.27. The Labute approximate surface area is 196 Å². The van der Waals surface area contributed by atoms with Crippen LogP contribution in [0.5, 0.6) is 0 Å². The zero-order chi connectivity index (χ0) is 22.6. The van der Waals surface area contributed by atoms with E-state index in [0.29, 0.717) is 11.4 Å². The van der Waals surface area contributed by atoms with Crippen LogP contribution in [0, 0.1) is 11.7 Å². The number of likely N-dealkylation sites (N-methyl/N-ethyl adjacent to an activating group) is 1. The number of nitrogens with zero attached hydrogens (tertiary/aromatic N) is 2. The highest BCUT2D eigenvalue weighted by molar-refractivity contribution is 6.31. The van der Waals surface area contributed by atoms with Gasteiger partial charge < -0.3 is 14.9 Å². The quantitative estimate of drug-likeness (QED) is 0.620. The minimum absolute atomic E-state index is 0.122. The van der Waals surface area contributed by atoms with Crippen LogP contribution < -0.4 is 0 Å². The van der Waals surface area contributed by atoms with Gasteiger partial charge in [0.25, 0.3) is 0 Å². The third kappa shape index (κ3) is 5.60. The fourth-order valence-corrected chi connectivity index (χ4v) is 5.36. The molecular weight excluding hydrogens is 423 g/mol. The molecule has 2 atom stereocenters. The van der Waals surface area contributed by atoms with E-state index < -0.39 is 5.60 Å². The summed E-state index contributed by atoms with van der Waals surface area (Å²) in [5.41, 5.74) is 1.96. The average molecular weight is 457 g/mol. The van der Waals surface area contributed by atoms with E-state index >= 15 is 0 Å². The summed E-state index contributed by atoms with van der Waals surface area (Å²) in [6.07, 6.45) is 6.57. The van der Waals surface area contributed by atoms with Crippen molar-refractivity contribution in [2.24, 2.45) is 5.92 Å². The molecule has 0 radical (unpaired) electrons. The molecule has 1 heterocycles. The molecule has 1 N–H and O–H groups in total. The molecule has 0 spiro atoms. The Morgan fingerprint density at radius 1 is 1.06 bits per heavy atom. The zero-order valence-corrected chi connectivity index (χ0v) is 19.7. The Hall–Kier alpha value is -1.72. The van der Waals surface area contributed by atoms with Crippen LogP contribution in [0.15, 0.2) is 54.1 Å². The second-order valence-electron chi connectivity index (χ2n) is 9.46. The van der Waals surface area contributed by atoms with Crippen LogP contribution in [0.1, 0.15) is 36.8 Å². The summed E-state index contributed by atoms with van der Waals surface area (Å²) in [5.74, 6) is -0.122. The van der Waals surface area contributed by atoms with Crippen molar-refractivity contribution in [3.63, 3.8) is 0 Å². The van der Waals surface area contributed by atoms with E-state index in [0.717, 1.165) is 75.1 Å². The normalized spacial score (nSPS) is 26.9. The van der Waals surface area contributed by atoms with Crippen LogP contribution in [0.25, 0.3) is 6.08 Å². The van der Waals surface area contributed by atoms with E-state index in [4.69, 9.17) is 11.6 Å². The number of rotatable bonds is 5. The van der Waals surface area contributed by atoms with Gasteiger partial charge in [-0.05, 0) is 61.2 Å². The van der Waals surface area contributed by atoms with Gasteiger partial charge in [0.05, 0.1) is 5.60 Å². The molecule has 2 unspecified atom stereocenters. The zero-order valence-electron chi connectivity index (χ0n) is 18.9. The van der Waals surface area contributed by atoms with Gasteiger partial charge in [-0.15, -0.1) is 0 Å². The average Bonchev–Trinajstić information content (AvgIpc) is 2.92. The van der Waals surface area contributed by atoms with Gasteiger partial charge in [0.1, 0.15) is 5.82 Å². The molecule has 0 bridgehead atoms. The van der Waals surface area contributed by atoms with Gasteiger partial charge in [-0.3, -0.25) is 0 Å². The van der Waals surface area contributed by atoms with Gasteiger partial charge >= 0.3 is 0 Å². The highest BCUT2D eigenvalue weighted by Crippen LogP contribution is 2.41. The summed E-state index contributed by atoms with van der Waals surface area (Å²) in [6, 6.07) is 14.4. The van der Waals surface area contributed by atoms with Crippen LogP contribution in [0.4, 0.5) is 4.39 Å². The minimum atomic E-state index is -0.987. The predicted molar refractivity (Wildman–Crippen MR) is 130 cm³/mol. The summed E-state index contributed by atoms with van der Waals surface area (Å²) in [4.78, 5) is 4.86. The monoisotopic (exact) mass is 456 g/mol. The Bertz CT molecular complexity index is 924. The number of piperazine rings is 1. The molecule has 2 aromatic rings. The van der Waals surface area contributed by atoms with Crippen molar-refractivity contribution in [3.05, 3.63) is 76.1 Å². The molecule has 2 fully saturated rings. The lowest BCUT2D eigenvalue weighted by Gasteiger charge is -2.42. The number of benzene rings is 2. The number of hydrogen-bond donors (Lipinski definition) is 1. The Morgan fingerprint density at radius 3 is 2.50 bits per heavy atom. The van der Waals surface area contributed by atoms with Gasteiger partial charge in [-0.2, -0.15) is 0 Å². The summed E-state index contributed by atoms with van der Waals surface area (Å²) < 4.78 is 13.5. The van der Waals surface area contributed by atoms with Gasteiger partial charge in [0.15, 0.2) is 0 Å². The molecule has 1 aliphatic heterocycles. The number of halogens is 2. The highest BCUT2D eigenvalue weighted by Gasteiger charge is 2.42. The van der Waals surface area contributed by atoms with Gasteiger partial charge in [-0.25, -0.2) is 4.39 Å². The summed E-state index contributed by atoms with van der Waals surface area (Å²) in [6.45, 7) is 5.08. The molecule has 2 aliphatic rings. The topological polar surface area (TPSA) is 26.7 Å². The van der Waals surface area contributed by atoms with Crippen molar-refractivity contribution in [2.75, 3.05) is 39.8 Å². The molecule has 1 saturated heterocycles. The smallest absolute Gasteiger partial charge is 0.123 e. The van der Waals surface area contributed by atoms with Crippen LogP contribution in [0.3, 0.4) is 0 Å². The largest absolute Gasteiger partial charge is 0.385 e. The first-order valence-electron chi connectivity index (χ1n) is 11.8. The van der Waals surface area contributed by atoms with Crippen LogP contribution in [0.2, 0.25) is 5.02 Å². The fourth-order valence-electron chi connectivity index (χ4n) is 5.16. The van der Waals surface area contributed by atoms with E-state index in [1.165, 1.54) is 12.1 Å². The molecule has 2 aromatic carbocycles. The van der Waals surface area contributed by atoms with Crippen molar-refractivity contribution in [1.82, 2.24) is 9.80 Å². The van der Waals surface area contributed by atoms with E-state index in [-0.39, 0.29) is 11.7 Å². The molecule has 1 aliphatic carbocycles. The SMILES string of the molecule is CN1CCN(CC2CCCC/C(=C/c3ccc(F)cc3)C2(O)Cc2ccccc2Cl)CC1. The molecule has 32 heavy (non-hydrogen) atoms. The first kappa shape index (κ1) is 23.4. The van der Waals surface area contributed by atoms with Crippen molar-refractivity contribution >= 4 is 17.7 Å². The fraction of sp³-hybridized carbons (Fsp3) is 0.481. The minimum Gasteiger partial charge on any atom is -0.385 e. The van der Waals surface area contributed by atoms with Crippen molar-refractivity contribution < 1.29 is 9.50 Å². The van der Waals surface area contributed by atoms with Crippen LogP contribution in [-0.4, -0.2) is 60.3 Å². The van der Waals surface area contributed by atoms with E-state index in [1.54, 1.807) is 12.1 Å². The third-order valence-corrected chi connectivity index (χ3v) is 7.55. The van der Waals surface area contributed by atoms with Crippen LogP contribution >= 0.6 is 11.6 Å². The molecule has 0 aromatic heterocycles. The molecule has 0 amide bonds. The molecule has 3 nitrogen and oxygen atoms in total. The van der Waals surface area contributed by atoms with Crippen molar-refractivity contribution in [2.45, 2.75) is 37.7 Å². The molecule has 172 valence electrons. The van der Waals surface area contributed by atoms with Gasteiger partial charge in [0, 0.05) is 50.1 Å². The first-order chi connectivity index (χ1) is 15.4. The second kappa shape index (κ2) is 10.5. The van der Waals surface area contributed by atoms with E-state index in [2.05, 4.69) is 22.9 Å². The lowest BCUT2D eigenvalue weighted by molar-refractivity contribution is -0.00642. The van der Waals surface area contributed by atoms with Gasteiger partial charge in [-0.1, -0.05) is 54.4 Å². The molecular formula is C27H34ClFN2O. The highest BCUT2D eigenvalue weighted by atomic mass is 35.5. The Kier molecular flexibility index (Phi) is 7.67. The van der Waals surface area contributed by atoms with Crippen molar-refractivity contribution in [1.29, 1.82) is 0 Å².